The Morgan fingerprint density at radius 2 is 1.83 bits per heavy atom. The number of aliphatic imine (C=N–C) groups is 1. The van der Waals surface area contributed by atoms with Gasteiger partial charge in [-0.2, -0.15) is 0 Å². The van der Waals surface area contributed by atoms with E-state index in [2.05, 4.69) is 52.1 Å². The molecule has 0 spiro atoms. The molecular weight excluding hydrogens is 370 g/mol. The Labute approximate surface area is 148 Å². The van der Waals surface area contributed by atoms with E-state index < -0.39 is 0 Å². The number of hydrogen-bond donors (Lipinski definition) is 0. The molecule has 0 saturated carbocycles. The second-order valence-electron chi connectivity index (χ2n) is 5.11. The zero-order valence-electron chi connectivity index (χ0n) is 12.7. The summed E-state index contributed by atoms with van der Waals surface area (Å²) in [7, 11) is 0. The van der Waals surface area contributed by atoms with Crippen molar-refractivity contribution in [3.63, 3.8) is 0 Å². The third kappa shape index (κ3) is 4.60. The minimum absolute atomic E-state index is 0.764. The highest BCUT2D eigenvalue weighted by Gasteiger charge is 2.03. The molecule has 2 nitrogen and oxygen atoms in total. The molecule has 0 fully saturated rings. The molecule has 0 unspecified atom stereocenters. The average Bonchev–Trinajstić information content (AvgIpc) is 3.02. The third-order valence-corrected chi connectivity index (χ3v) is 4.89. The van der Waals surface area contributed by atoms with Gasteiger partial charge in [-0.1, -0.05) is 52.0 Å². The van der Waals surface area contributed by atoms with E-state index in [1.165, 1.54) is 11.1 Å². The predicted molar refractivity (Wildman–Crippen MR) is 101 cm³/mol. The number of hydrogen-bond acceptors (Lipinski definition) is 3. The van der Waals surface area contributed by atoms with E-state index in [1.807, 2.05) is 36.4 Å². The van der Waals surface area contributed by atoms with Gasteiger partial charge in [0.15, 0.2) is 5.09 Å². The molecule has 1 aromatic heterocycles. The van der Waals surface area contributed by atoms with Gasteiger partial charge in [-0.15, -0.1) is 0 Å². The smallest absolute Gasteiger partial charge is 0.161 e. The third-order valence-electron chi connectivity index (χ3n) is 3.40. The van der Waals surface area contributed by atoms with Gasteiger partial charge in [-0.05, 0) is 54.4 Å². The van der Waals surface area contributed by atoms with E-state index in [0.717, 1.165) is 26.8 Å². The average molecular weight is 386 g/mol. The molecule has 0 N–H and O–H groups in total. The van der Waals surface area contributed by atoms with Crippen LogP contribution >= 0.6 is 27.7 Å². The molecule has 1 heterocycles. The monoisotopic (exact) mass is 385 g/mol. The van der Waals surface area contributed by atoms with Crippen LogP contribution in [-0.2, 0) is 5.75 Å². The molecule has 0 aliphatic carbocycles. The Hall–Kier alpha value is -1.78. The second kappa shape index (κ2) is 7.66. The highest BCUT2D eigenvalue weighted by Crippen LogP contribution is 2.26. The van der Waals surface area contributed by atoms with Crippen LogP contribution in [0.15, 0.2) is 79.6 Å². The molecule has 2 aromatic carbocycles. The minimum Gasteiger partial charge on any atom is -0.449 e. The minimum atomic E-state index is 0.764. The van der Waals surface area contributed by atoms with Crippen LogP contribution in [0.25, 0.3) is 0 Å². The summed E-state index contributed by atoms with van der Waals surface area (Å²) in [5.41, 5.74) is 3.54. The van der Waals surface area contributed by atoms with Gasteiger partial charge < -0.3 is 4.42 Å². The molecule has 0 bridgehead atoms. The van der Waals surface area contributed by atoms with Crippen molar-refractivity contribution in [2.24, 2.45) is 4.99 Å². The summed E-state index contributed by atoms with van der Waals surface area (Å²) in [6, 6.07) is 20.2. The Morgan fingerprint density at radius 1 is 1.04 bits per heavy atom. The van der Waals surface area contributed by atoms with Gasteiger partial charge in [-0.3, -0.25) is 4.99 Å². The van der Waals surface area contributed by atoms with Crippen LogP contribution in [0.4, 0.5) is 5.69 Å². The Morgan fingerprint density at radius 3 is 2.61 bits per heavy atom. The number of furan rings is 1. The van der Waals surface area contributed by atoms with Crippen molar-refractivity contribution in [3.8, 4) is 0 Å². The number of halogens is 1. The van der Waals surface area contributed by atoms with Gasteiger partial charge in [-0.25, -0.2) is 0 Å². The summed E-state index contributed by atoms with van der Waals surface area (Å²) in [6.45, 7) is 2.13. The zero-order chi connectivity index (χ0) is 16.1. The molecule has 3 rings (SSSR count). The van der Waals surface area contributed by atoms with Gasteiger partial charge in [0.2, 0.25) is 0 Å². The first-order valence-corrected chi connectivity index (χ1v) is 9.05. The Balaban J connectivity index is 1.62. The van der Waals surface area contributed by atoms with Crippen LogP contribution in [-0.4, -0.2) is 6.21 Å². The fourth-order valence-corrected chi connectivity index (χ4v) is 3.27. The maximum Gasteiger partial charge on any atom is 0.161 e. The number of aryl methyl sites for hydroxylation is 1. The van der Waals surface area contributed by atoms with Gasteiger partial charge in [0.25, 0.3) is 0 Å². The van der Waals surface area contributed by atoms with E-state index >= 15 is 0 Å². The summed E-state index contributed by atoms with van der Waals surface area (Å²) in [6.07, 6.45) is 1.75. The summed E-state index contributed by atoms with van der Waals surface area (Å²) in [5.74, 6) is 1.67. The summed E-state index contributed by atoms with van der Waals surface area (Å²) < 4.78 is 6.84. The number of thioether (sulfide) groups is 1. The molecule has 0 saturated heterocycles. The second-order valence-corrected chi connectivity index (χ2v) is 7.00. The molecule has 0 aliphatic rings. The summed E-state index contributed by atoms with van der Waals surface area (Å²) in [5, 5.41) is 0.908. The lowest BCUT2D eigenvalue weighted by molar-refractivity contribution is 0.469. The van der Waals surface area contributed by atoms with Crippen molar-refractivity contribution in [2.75, 3.05) is 0 Å². The van der Waals surface area contributed by atoms with E-state index in [9.17, 15) is 0 Å². The normalized spacial score (nSPS) is 11.2. The lowest BCUT2D eigenvalue weighted by Gasteiger charge is -2.02. The standard InChI is InChI=1S/C19H16BrNOS/c1-14-4-2-3-5-15(14)13-23-19-11-10-18(22-19)12-21-17-8-6-16(20)7-9-17/h2-12H,13H2,1H3. The van der Waals surface area contributed by atoms with Gasteiger partial charge in [0.1, 0.15) is 5.76 Å². The number of benzene rings is 2. The van der Waals surface area contributed by atoms with Crippen LogP contribution in [0.3, 0.4) is 0 Å². The van der Waals surface area contributed by atoms with Crippen LogP contribution in [0.1, 0.15) is 16.9 Å². The van der Waals surface area contributed by atoms with Crippen LogP contribution < -0.4 is 0 Å². The lowest BCUT2D eigenvalue weighted by atomic mass is 10.1. The zero-order valence-corrected chi connectivity index (χ0v) is 15.1. The van der Waals surface area contributed by atoms with E-state index in [1.54, 1.807) is 18.0 Å². The first-order chi connectivity index (χ1) is 11.2. The first kappa shape index (κ1) is 16.1. The van der Waals surface area contributed by atoms with Crippen LogP contribution in [0, 0.1) is 6.92 Å². The molecule has 0 radical (unpaired) electrons. The highest BCUT2D eigenvalue weighted by molar-refractivity contribution is 9.10. The fraction of sp³-hybridized carbons (Fsp3) is 0.105. The molecule has 4 heteroatoms. The summed E-state index contributed by atoms with van der Waals surface area (Å²) in [4.78, 5) is 4.41. The Kier molecular flexibility index (Phi) is 5.36. The van der Waals surface area contributed by atoms with Gasteiger partial charge >= 0.3 is 0 Å². The quantitative estimate of drug-likeness (QED) is 0.375. The van der Waals surface area contributed by atoms with Crippen molar-refractivity contribution in [1.82, 2.24) is 0 Å². The SMILES string of the molecule is Cc1ccccc1CSc1ccc(C=Nc2ccc(Br)cc2)o1. The molecular formula is C19H16BrNOS. The maximum atomic E-state index is 5.80. The Bertz CT molecular complexity index is 808. The maximum absolute atomic E-state index is 5.80. The van der Waals surface area contributed by atoms with Crippen molar-refractivity contribution >= 4 is 39.6 Å². The van der Waals surface area contributed by atoms with E-state index in [4.69, 9.17) is 4.42 Å². The van der Waals surface area contributed by atoms with E-state index in [-0.39, 0.29) is 0 Å². The molecule has 3 aromatic rings. The first-order valence-electron chi connectivity index (χ1n) is 7.27. The molecule has 23 heavy (non-hydrogen) atoms. The number of nitrogens with zero attached hydrogens (tertiary/aromatic N) is 1. The van der Waals surface area contributed by atoms with Crippen molar-refractivity contribution in [3.05, 3.63) is 82.0 Å². The summed E-state index contributed by atoms with van der Waals surface area (Å²) >= 11 is 5.11. The highest BCUT2D eigenvalue weighted by atomic mass is 79.9. The lowest BCUT2D eigenvalue weighted by Crippen LogP contribution is -1.84. The molecule has 0 atom stereocenters. The largest absolute Gasteiger partial charge is 0.449 e. The van der Waals surface area contributed by atoms with Crippen molar-refractivity contribution in [2.45, 2.75) is 17.8 Å². The van der Waals surface area contributed by atoms with E-state index in [0.29, 0.717) is 0 Å². The predicted octanol–water partition coefficient (Wildman–Crippen LogP) is 6.39. The van der Waals surface area contributed by atoms with Crippen molar-refractivity contribution in [1.29, 1.82) is 0 Å². The fourth-order valence-electron chi connectivity index (χ4n) is 2.07. The topological polar surface area (TPSA) is 25.5 Å². The molecule has 0 aliphatic heterocycles. The molecule has 0 amide bonds. The van der Waals surface area contributed by atoms with Crippen LogP contribution in [0.2, 0.25) is 0 Å². The van der Waals surface area contributed by atoms with Crippen LogP contribution in [0.5, 0.6) is 0 Å². The van der Waals surface area contributed by atoms with Gasteiger partial charge in [0, 0.05) is 10.2 Å². The number of rotatable bonds is 5. The van der Waals surface area contributed by atoms with Crippen molar-refractivity contribution < 1.29 is 4.42 Å². The van der Waals surface area contributed by atoms with Gasteiger partial charge in [0.05, 0.1) is 11.9 Å². The molecule has 116 valence electrons.